The SMILES string of the molecule is O=C(Cn1nc(C(F)F)c2c1C(F)(F)CCC2(F)F)NC(Cc1cc(F)cc(F)c1)c1ncncc1-c1ccc(Cl)cc1. The highest BCUT2D eigenvalue weighted by Crippen LogP contribution is 2.52. The first-order chi connectivity index (χ1) is 20.2. The lowest BCUT2D eigenvalue weighted by Crippen LogP contribution is -2.37. The quantitative estimate of drug-likeness (QED) is 0.208. The maximum atomic E-state index is 14.8. The van der Waals surface area contributed by atoms with Crippen molar-refractivity contribution in [2.45, 2.75) is 50.1 Å². The molecule has 2 aromatic carbocycles. The van der Waals surface area contributed by atoms with E-state index < -0.39 is 78.2 Å². The predicted molar refractivity (Wildman–Crippen MR) is 138 cm³/mol. The number of carbonyl (C=O) groups is 1. The van der Waals surface area contributed by atoms with Crippen LogP contribution in [0.25, 0.3) is 11.1 Å². The molecule has 0 aliphatic heterocycles. The van der Waals surface area contributed by atoms with Crippen LogP contribution < -0.4 is 5.32 Å². The van der Waals surface area contributed by atoms with E-state index in [0.29, 0.717) is 22.2 Å². The van der Waals surface area contributed by atoms with Crippen LogP contribution in [0.1, 0.15) is 53.5 Å². The number of amides is 1. The van der Waals surface area contributed by atoms with Gasteiger partial charge in [-0.2, -0.15) is 13.9 Å². The van der Waals surface area contributed by atoms with Gasteiger partial charge in [-0.25, -0.2) is 36.3 Å². The second kappa shape index (κ2) is 11.5. The maximum absolute atomic E-state index is 14.8. The molecule has 0 bridgehead atoms. The Balaban J connectivity index is 1.54. The Morgan fingerprint density at radius 2 is 1.63 bits per heavy atom. The van der Waals surface area contributed by atoms with Gasteiger partial charge in [0.2, 0.25) is 5.91 Å². The number of nitrogens with one attached hydrogen (secondary N) is 1. The Morgan fingerprint density at radius 3 is 2.28 bits per heavy atom. The fraction of sp³-hybridized carbons (Fsp3) is 0.286. The van der Waals surface area contributed by atoms with Crippen molar-refractivity contribution in [3.05, 3.63) is 99.9 Å². The molecular weight excluding hydrogens is 610 g/mol. The van der Waals surface area contributed by atoms with Gasteiger partial charge in [0.25, 0.3) is 18.3 Å². The van der Waals surface area contributed by atoms with E-state index in [0.717, 1.165) is 18.5 Å². The zero-order valence-corrected chi connectivity index (χ0v) is 22.5. The summed E-state index contributed by atoms with van der Waals surface area (Å²) in [5.41, 5.74) is -3.49. The molecule has 5 rings (SSSR count). The second-order valence-electron chi connectivity index (χ2n) is 9.91. The molecule has 6 nitrogen and oxygen atoms in total. The molecule has 1 unspecified atom stereocenters. The molecule has 1 amide bonds. The van der Waals surface area contributed by atoms with Gasteiger partial charge in [0.05, 0.1) is 17.3 Å². The van der Waals surface area contributed by atoms with E-state index >= 15 is 0 Å². The Bertz CT molecular complexity index is 1640. The number of nitrogens with zero attached hydrogens (tertiary/aromatic N) is 4. The molecule has 0 fully saturated rings. The first-order valence-corrected chi connectivity index (χ1v) is 13.1. The lowest BCUT2D eigenvalue weighted by atomic mass is 9.89. The van der Waals surface area contributed by atoms with E-state index in [9.17, 15) is 39.9 Å². The Labute approximate surface area is 243 Å². The first-order valence-electron chi connectivity index (χ1n) is 12.7. The summed E-state index contributed by atoms with van der Waals surface area (Å²) >= 11 is 5.98. The largest absolute Gasteiger partial charge is 0.346 e. The Morgan fingerprint density at radius 1 is 0.977 bits per heavy atom. The summed E-state index contributed by atoms with van der Waals surface area (Å²) in [5.74, 6) is -10.9. The minimum atomic E-state index is -4.02. The summed E-state index contributed by atoms with van der Waals surface area (Å²) in [4.78, 5) is 21.5. The lowest BCUT2D eigenvalue weighted by Gasteiger charge is -2.29. The number of alkyl halides is 6. The number of halogens is 9. The van der Waals surface area contributed by atoms with Gasteiger partial charge < -0.3 is 5.32 Å². The van der Waals surface area contributed by atoms with Crippen LogP contribution in [0.15, 0.2) is 55.0 Å². The average Bonchev–Trinajstić information content (AvgIpc) is 3.33. The Hall–Kier alpha value is -4.07. The van der Waals surface area contributed by atoms with Crippen LogP contribution in [0, 0.1) is 11.6 Å². The van der Waals surface area contributed by atoms with E-state index in [-0.39, 0.29) is 22.4 Å². The molecule has 15 heteroatoms. The molecule has 43 heavy (non-hydrogen) atoms. The lowest BCUT2D eigenvalue weighted by molar-refractivity contribution is -0.123. The van der Waals surface area contributed by atoms with Gasteiger partial charge in [-0.1, -0.05) is 23.7 Å². The van der Waals surface area contributed by atoms with E-state index in [2.05, 4.69) is 20.4 Å². The van der Waals surface area contributed by atoms with Crippen LogP contribution in [0.3, 0.4) is 0 Å². The van der Waals surface area contributed by atoms with Gasteiger partial charge in [-0.3, -0.25) is 9.48 Å². The fourth-order valence-corrected chi connectivity index (χ4v) is 5.19. The van der Waals surface area contributed by atoms with Crippen LogP contribution in [0.2, 0.25) is 5.02 Å². The summed E-state index contributed by atoms with van der Waals surface area (Å²) in [6.07, 6.45) is -4.07. The topological polar surface area (TPSA) is 72.7 Å². The number of rotatable bonds is 8. The van der Waals surface area contributed by atoms with Gasteiger partial charge in [-0.15, -0.1) is 0 Å². The normalized spacial score (nSPS) is 16.1. The van der Waals surface area contributed by atoms with Crippen molar-refractivity contribution in [2.75, 3.05) is 0 Å². The third-order valence-corrected chi connectivity index (χ3v) is 7.12. The van der Waals surface area contributed by atoms with Crippen molar-refractivity contribution in [2.24, 2.45) is 0 Å². The van der Waals surface area contributed by atoms with Crippen LogP contribution in [-0.4, -0.2) is 25.7 Å². The van der Waals surface area contributed by atoms with Crippen molar-refractivity contribution in [3.8, 4) is 11.1 Å². The van der Waals surface area contributed by atoms with Gasteiger partial charge in [-0.05, 0) is 41.8 Å². The molecular formula is C28H20ClF8N5O. The van der Waals surface area contributed by atoms with E-state index in [1.165, 1.54) is 6.20 Å². The minimum Gasteiger partial charge on any atom is -0.346 e. The third kappa shape index (κ3) is 6.33. The highest BCUT2D eigenvalue weighted by Gasteiger charge is 2.55. The zero-order valence-electron chi connectivity index (χ0n) is 21.8. The smallest absolute Gasteiger partial charge is 0.290 e. The maximum Gasteiger partial charge on any atom is 0.290 e. The summed E-state index contributed by atoms with van der Waals surface area (Å²) in [6, 6.07) is 7.84. The monoisotopic (exact) mass is 629 g/mol. The number of aromatic nitrogens is 4. The summed E-state index contributed by atoms with van der Waals surface area (Å²) in [7, 11) is 0. The molecule has 2 heterocycles. The molecule has 0 saturated carbocycles. The van der Waals surface area contributed by atoms with Gasteiger partial charge in [0, 0.05) is 35.7 Å². The second-order valence-corrected chi connectivity index (χ2v) is 10.3. The molecule has 1 aliphatic carbocycles. The van der Waals surface area contributed by atoms with E-state index in [4.69, 9.17) is 11.6 Å². The summed E-state index contributed by atoms with van der Waals surface area (Å²) in [6.45, 7) is -1.14. The molecule has 0 spiro atoms. The molecule has 1 N–H and O–H groups in total. The molecule has 0 radical (unpaired) electrons. The van der Waals surface area contributed by atoms with Gasteiger partial charge in [0.1, 0.15) is 35.9 Å². The molecule has 4 aromatic rings. The number of hydrogen-bond donors (Lipinski definition) is 1. The molecule has 1 aliphatic rings. The third-order valence-electron chi connectivity index (χ3n) is 6.87. The highest BCUT2D eigenvalue weighted by molar-refractivity contribution is 6.30. The van der Waals surface area contributed by atoms with Crippen molar-refractivity contribution in [3.63, 3.8) is 0 Å². The average molecular weight is 630 g/mol. The number of fused-ring (bicyclic) bond motifs is 1. The fourth-order valence-electron chi connectivity index (χ4n) is 5.06. The van der Waals surface area contributed by atoms with Crippen LogP contribution >= 0.6 is 11.6 Å². The van der Waals surface area contributed by atoms with E-state index in [1.54, 1.807) is 24.3 Å². The van der Waals surface area contributed by atoms with E-state index in [1.807, 2.05) is 0 Å². The molecule has 2 aromatic heterocycles. The molecule has 0 saturated heterocycles. The van der Waals surface area contributed by atoms with Crippen LogP contribution in [-0.2, 0) is 29.6 Å². The molecule has 226 valence electrons. The minimum absolute atomic E-state index is 0.0751. The van der Waals surface area contributed by atoms with Gasteiger partial charge in [0.15, 0.2) is 0 Å². The number of hydrogen-bond acceptors (Lipinski definition) is 4. The summed E-state index contributed by atoms with van der Waals surface area (Å²) in [5, 5.41) is 6.21. The Kier molecular flexibility index (Phi) is 8.16. The molecule has 1 atom stereocenters. The standard InChI is InChI=1S/C28H20ClF8N5O/c29-16-3-1-15(2-4-16)19-11-38-13-39-23(19)20(9-14-7-17(30)10-18(31)8-14)40-21(43)12-42-25-22(24(41-42)26(32)33)27(34,35)5-6-28(25,36)37/h1-4,7-8,10-11,13,20,26H,5-6,9,12H2,(H,40,43). The van der Waals surface area contributed by atoms with Crippen molar-refractivity contribution < 1.29 is 39.9 Å². The van der Waals surface area contributed by atoms with Crippen LogP contribution in [0.4, 0.5) is 35.1 Å². The van der Waals surface area contributed by atoms with Crippen LogP contribution in [0.5, 0.6) is 0 Å². The summed E-state index contributed by atoms with van der Waals surface area (Å²) < 4.78 is 114. The highest BCUT2D eigenvalue weighted by atomic mass is 35.5. The number of benzene rings is 2. The number of carbonyl (C=O) groups excluding carboxylic acids is 1. The zero-order chi connectivity index (χ0) is 31.1. The van der Waals surface area contributed by atoms with Gasteiger partial charge >= 0.3 is 0 Å². The first kappa shape index (κ1) is 30.4. The van der Waals surface area contributed by atoms with Crippen molar-refractivity contribution in [1.29, 1.82) is 0 Å². The predicted octanol–water partition coefficient (Wildman–Crippen LogP) is 7.29. The van der Waals surface area contributed by atoms with Crippen molar-refractivity contribution >= 4 is 17.5 Å². The van der Waals surface area contributed by atoms with Crippen molar-refractivity contribution in [1.82, 2.24) is 25.1 Å².